The average molecular weight is 356 g/mol. The van der Waals surface area contributed by atoms with Crippen molar-refractivity contribution >= 4 is 17.5 Å². The molecule has 3 N–H and O–H groups in total. The second-order valence-electron chi connectivity index (χ2n) is 6.21. The molecule has 0 bridgehead atoms. The zero-order chi connectivity index (χ0) is 18.2. The van der Waals surface area contributed by atoms with Gasteiger partial charge in [0.05, 0.1) is 11.9 Å². The monoisotopic (exact) mass is 356 g/mol. The Hall–Kier alpha value is -2.80. The number of aliphatic hydroxyl groups is 1. The average Bonchev–Trinajstić information content (AvgIpc) is 3.21. The van der Waals surface area contributed by atoms with Crippen molar-refractivity contribution in [1.29, 1.82) is 0 Å². The van der Waals surface area contributed by atoms with Crippen LogP contribution in [0.15, 0.2) is 48.7 Å². The van der Waals surface area contributed by atoms with Crippen molar-refractivity contribution in [2.75, 3.05) is 36.5 Å². The lowest BCUT2D eigenvalue weighted by Gasteiger charge is -2.16. The summed E-state index contributed by atoms with van der Waals surface area (Å²) in [6.45, 7) is 2.26. The van der Waals surface area contributed by atoms with Crippen molar-refractivity contribution in [2.24, 2.45) is 0 Å². The lowest BCUT2D eigenvalue weighted by molar-refractivity contribution is 0.108. The minimum atomic E-state index is -0.795. The molecule has 0 aliphatic carbocycles. The van der Waals surface area contributed by atoms with E-state index in [1.807, 2.05) is 42.5 Å². The van der Waals surface area contributed by atoms with Crippen LogP contribution in [0.3, 0.4) is 0 Å². The highest BCUT2D eigenvalue weighted by atomic mass is 16.5. The molecule has 3 rings (SSSR count). The van der Waals surface area contributed by atoms with Gasteiger partial charge < -0.3 is 25.4 Å². The van der Waals surface area contributed by atoms with Crippen LogP contribution in [0.4, 0.5) is 16.3 Å². The Morgan fingerprint density at radius 1 is 1.19 bits per heavy atom. The van der Waals surface area contributed by atoms with Crippen molar-refractivity contribution in [3.05, 3.63) is 48.7 Å². The number of aliphatic hydroxyl groups excluding tert-OH is 1. The molecule has 26 heavy (non-hydrogen) atoms. The van der Waals surface area contributed by atoms with E-state index in [0.29, 0.717) is 11.4 Å². The minimum Gasteiger partial charge on any atom is -0.491 e. The number of benzene rings is 1. The van der Waals surface area contributed by atoms with Crippen molar-refractivity contribution < 1.29 is 14.6 Å². The molecule has 0 saturated carbocycles. The molecule has 1 saturated heterocycles. The van der Waals surface area contributed by atoms with Crippen LogP contribution in [0.2, 0.25) is 0 Å². The molecule has 1 aliphatic rings. The van der Waals surface area contributed by atoms with Crippen LogP contribution in [0.25, 0.3) is 0 Å². The zero-order valence-corrected chi connectivity index (χ0v) is 14.6. The van der Waals surface area contributed by atoms with Gasteiger partial charge in [-0.3, -0.25) is 0 Å². The summed E-state index contributed by atoms with van der Waals surface area (Å²) in [5.74, 6) is 1.61. The van der Waals surface area contributed by atoms with E-state index in [4.69, 9.17) is 4.74 Å². The quantitative estimate of drug-likeness (QED) is 0.708. The highest BCUT2D eigenvalue weighted by Gasteiger charge is 2.13. The summed E-state index contributed by atoms with van der Waals surface area (Å²) in [5, 5.41) is 15.2. The van der Waals surface area contributed by atoms with Gasteiger partial charge >= 0.3 is 6.03 Å². The normalized spacial score (nSPS) is 14.7. The first kappa shape index (κ1) is 18.0. The van der Waals surface area contributed by atoms with E-state index in [1.54, 1.807) is 6.20 Å². The van der Waals surface area contributed by atoms with Crippen LogP contribution in [0.1, 0.15) is 12.8 Å². The molecule has 1 unspecified atom stereocenters. The van der Waals surface area contributed by atoms with Gasteiger partial charge in [-0.05, 0) is 37.1 Å². The number of hydrogen-bond acceptors (Lipinski definition) is 5. The number of nitrogens with zero attached hydrogens (tertiary/aromatic N) is 2. The molecular weight excluding hydrogens is 332 g/mol. The van der Waals surface area contributed by atoms with Gasteiger partial charge in [0.15, 0.2) is 0 Å². The second-order valence-corrected chi connectivity index (χ2v) is 6.21. The van der Waals surface area contributed by atoms with E-state index in [2.05, 4.69) is 20.5 Å². The standard InChI is InChI=1S/C19H24N4O3/c24-16(14-26-17-6-2-1-3-7-17)13-21-19(25)22-15-8-9-18(20-12-15)23-10-4-5-11-23/h1-3,6-9,12,16,24H,4-5,10-11,13-14H2,(H2,21,22,25). The van der Waals surface area contributed by atoms with Gasteiger partial charge in [0, 0.05) is 19.6 Å². The number of ether oxygens (including phenoxy) is 1. The Bertz CT molecular complexity index is 688. The molecule has 2 aromatic rings. The number of carbonyl (C=O) groups is 1. The maximum absolute atomic E-state index is 11.9. The molecule has 1 aromatic carbocycles. The zero-order valence-electron chi connectivity index (χ0n) is 14.6. The van der Waals surface area contributed by atoms with Crippen molar-refractivity contribution in [2.45, 2.75) is 18.9 Å². The van der Waals surface area contributed by atoms with Gasteiger partial charge in [-0.2, -0.15) is 0 Å². The van der Waals surface area contributed by atoms with Crippen molar-refractivity contribution in [1.82, 2.24) is 10.3 Å². The Kier molecular flexibility index (Phi) is 6.27. The first-order chi connectivity index (χ1) is 12.7. The molecule has 1 atom stereocenters. The summed E-state index contributed by atoms with van der Waals surface area (Å²) in [4.78, 5) is 18.5. The number of hydrogen-bond donors (Lipinski definition) is 3. The van der Waals surface area contributed by atoms with E-state index in [-0.39, 0.29) is 19.2 Å². The molecule has 1 aliphatic heterocycles. The van der Waals surface area contributed by atoms with Gasteiger partial charge in [0.1, 0.15) is 24.3 Å². The Morgan fingerprint density at radius 2 is 1.96 bits per heavy atom. The van der Waals surface area contributed by atoms with Crippen molar-refractivity contribution in [3.8, 4) is 5.75 Å². The third kappa shape index (κ3) is 5.35. The summed E-state index contributed by atoms with van der Waals surface area (Å²) in [7, 11) is 0. The summed E-state index contributed by atoms with van der Waals surface area (Å²) < 4.78 is 5.44. The molecule has 0 spiro atoms. The highest BCUT2D eigenvalue weighted by Crippen LogP contribution is 2.18. The maximum Gasteiger partial charge on any atom is 0.319 e. The smallest absolute Gasteiger partial charge is 0.319 e. The molecule has 1 aromatic heterocycles. The van der Waals surface area contributed by atoms with E-state index < -0.39 is 6.10 Å². The van der Waals surface area contributed by atoms with E-state index in [1.165, 1.54) is 12.8 Å². The molecule has 7 heteroatoms. The maximum atomic E-state index is 11.9. The van der Waals surface area contributed by atoms with E-state index in [0.717, 1.165) is 18.9 Å². The van der Waals surface area contributed by atoms with Crippen LogP contribution in [0, 0.1) is 0 Å². The van der Waals surface area contributed by atoms with E-state index >= 15 is 0 Å². The lowest BCUT2D eigenvalue weighted by atomic mass is 10.3. The predicted molar refractivity (Wildman–Crippen MR) is 101 cm³/mol. The number of urea groups is 1. The predicted octanol–water partition coefficient (Wildman–Crippen LogP) is 2.24. The third-order valence-electron chi connectivity index (χ3n) is 4.12. The molecule has 2 amide bonds. The number of pyridine rings is 1. The Morgan fingerprint density at radius 3 is 2.65 bits per heavy atom. The number of para-hydroxylation sites is 1. The first-order valence-corrected chi connectivity index (χ1v) is 8.82. The molecular formula is C19H24N4O3. The van der Waals surface area contributed by atoms with Crippen LogP contribution in [-0.2, 0) is 0 Å². The fraction of sp³-hybridized carbons (Fsp3) is 0.368. The van der Waals surface area contributed by atoms with Crippen molar-refractivity contribution in [3.63, 3.8) is 0 Å². The van der Waals surface area contributed by atoms with Crippen LogP contribution in [-0.4, -0.2) is 48.5 Å². The number of rotatable bonds is 7. The van der Waals surface area contributed by atoms with Crippen LogP contribution in [0.5, 0.6) is 5.75 Å². The fourth-order valence-corrected chi connectivity index (χ4v) is 2.75. The second kappa shape index (κ2) is 9.05. The molecule has 1 fully saturated rings. The number of aromatic nitrogens is 1. The summed E-state index contributed by atoms with van der Waals surface area (Å²) in [6, 6.07) is 12.6. The number of nitrogens with one attached hydrogen (secondary N) is 2. The number of carbonyl (C=O) groups excluding carboxylic acids is 1. The van der Waals surface area contributed by atoms with E-state index in [9.17, 15) is 9.90 Å². The van der Waals surface area contributed by atoms with Gasteiger partial charge in [-0.1, -0.05) is 18.2 Å². The lowest BCUT2D eigenvalue weighted by Crippen LogP contribution is -2.37. The van der Waals surface area contributed by atoms with Gasteiger partial charge in [0.2, 0.25) is 0 Å². The topological polar surface area (TPSA) is 86.7 Å². The molecule has 138 valence electrons. The summed E-state index contributed by atoms with van der Waals surface area (Å²) in [6.07, 6.45) is 3.24. The third-order valence-corrected chi connectivity index (χ3v) is 4.12. The van der Waals surface area contributed by atoms with Gasteiger partial charge in [-0.15, -0.1) is 0 Å². The largest absolute Gasteiger partial charge is 0.491 e. The number of anilines is 2. The molecule has 7 nitrogen and oxygen atoms in total. The SMILES string of the molecule is O=C(NCC(O)COc1ccccc1)Nc1ccc(N2CCCC2)nc1. The molecule has 0 radical (unpaired) electrons. The number of amides is 2. The van der Waals surface area contributed by atoms with Gasteiger partial charge in [-0.25, -0.2) is 9.78 Å². The van der Waals surface area contributed by atoms with Crippen LogP contribution < -0.4 is 20.3 Å². The minimum absolute atomic E-state index is 0.0952. The first-order valence-electron chi connectivity index (χ1n) is 8.82. The fourth-order valence-electron chi connectivity index (χ4n) is 2.75. The summed E-state index contributed by atoms with van der Waals surface area (Å²) in [5.41, 5.74) is 0.612. The van der Waals surface area contributed by atoms with Gasteiger partial charge in [0.25, 0.3) is 0 Å². The highest BCUT2D eigenvalue weighted by molar-refractivity contribution is 5.89. The Balaban J connectivity index is 1.38. The summed E-state index contributed by atoms with van der Waals surface area (Å²) >= 11 is 0. The van der Waals surface area contributed by atoms with Crippen LogP contribution >= 0.6 is 0 Å². The molecule has 2 heterocycles. The Labute approximate surface area is 153 Å².